The molecule has 3 nitrogen and oxygen atoms in total. The van der Waals surface area contributed by atoms with E-state index in [0.29, 0.717) is 10.5 Å². The van der Waals surface area contributed by atoms with Crippen LogP contribution in [0.1, 0.15) is 12.1 Å². The van der Waals surface area contributed by atoms with Gasteiger partial charge in [0.25, 0.3) is 6.43 Å². The van der Waals surface area contributed by atoms with Gasteiger partial charge in [-0.25, -0.2) is 13.8 Å². The Kier molecular flexibility index (Phi) is 3.72. The topological polar surface area (TPSA) is 28.2 Å². The van der Waals surface area contributed by atoms with Crippen LogP contribution in [0.3, 0.4) is 0 Å². The molecule has 1 aliphatic heterocycles. The summed E-state index contributed by atoms with van der Waals surface area (Å²) in [7, 11) is 0. The Morgan fingerprint density at radius 1 is 1.20 bits per heavy atom. The molecule has 0 amide bonds. The molecule has 0 spiro atoms. The number of anilines is 1. The van der Waals surface area contributed by atoms with Gasteiger partial charge in [-0.1, -0.05) is 11.6 Å². The third-order valence-electron chi connectivity index (χ3n) is 3.45. The van der Waals surface area contributed by atoms with Crippen LogP contribution in [-0.4, -0.2) is 31.2 Å². The summed E-state index contributed by atoms with van der Waals surface area (Å²) in [5.41, 5.74) is 1.16. The van der Waals surface area contributed by atoms with Crippen LogP contribution in [0.5, 0.6) is 0 Å². The third-order valence-corrected chi connectivity index (χ3v) is 3.69. The molecule has 1 saturated heterocycles. The van der Waals surface area contributed by atoms with Gasteiger partial charge in [-0.15, -0.1) is 0 Å². The van der Waals surface area contributed by atoms with Gasteiger partial charge in [-0.2, -0.15) is 0 Å². The summed E-state index contributed by atoms with van der Waals surface area (Å²) in [6, 6.07) is 6.63. The lowest BCUT2D eigenvalue weighted by Gasteiger charge is -2.30. The van der Waals surface area contributed by atoms with Crippen molar-refractivity contribution in [3.05, 3.63) is 35.0 Å². The first-order chi connectivity index (χ1) is 9.65. The molecule has 0 unspecified atom stereocenters. The summed E-state index contributed by atoms with van der Waals surface area (Å²) in [4.78, 5) is 6.12. The number of piperazine rings is 1. The Bertz CT molecular complexity index is 627. The summed E-state index contributed by atoms with van der Waals surface area (Å²) in [5.74, 6) is 0. The van der Waals surface area contributed by atoms with E-state index in [9.17, 15) is 8.78 Å². The number of alkyl halides is 2. The molecular weight excluding hydrogens is 284 g/mol. The number of aromatic nitrogens is 1. The molecule has 1 aromatic carbocycles. The average molecular weight is 298 g/mol. The zero-order chi connectivity index (χ0) is 14.1. The Balaban J connectivity index is 2.17. The lowest BCUT2D eigenvalue weighted by Crippen LogP contribution is -2.43. The molecule has 1 fully saturated rings. The highest BCUT2D eigenvalue weighted by molar-refractivity contribution is 6.31. The normalized spacial score (nSPS) is 16.1. The van der Waals surface area contributed by atoms with E-state index in [-0.39, 0.29) is 5.69 Å². The van der Waals surface area contributed by atoms with Crippen LogP contribution in [0.2, 0.25) is 5.02 Å². The van der Waals surface area contributed by atoms with Gasteiger partial charge < -0.3 is 10.2 Å². The zero-order valence-electron chi connectivity index (χ0n) is 10.7. The van der Waals surface area contributed by atoms with E-state index in [1.807, 2.05) is 0 Å². The smallest absolute Gasteiger partial charge is 0.280 e. The van der Waals surface area contributed by atoms with Crippen molar-refractivity contribution in [2.75, 3.05) is 31.1 Å². The zero-order valence-corrected chi connectivity index (χ0v) is 11.5. The molecule has 0 saturated carbocycles. The van der Waals surface area contributed by atoms with Gasteiger partial charge in [0.15, 0.2) is 0 Å². The van der Waals surface area contributed by atoms with Crippen molar-refractivity contribution >= 4 is 28.2 Å². The maximum atomic E-state index is 13.0. The predicted molar refractivity (Wildman–Crippen MR) is 76.8 cm³/mol. The SMILES string of the molecule is FC(F)c1cc(N2CCNCC2)c2cc(Cl)ccc2n1. The fourth-order valence-corrected chi connectivity index (χ4v) is 2.65. The Labute approximate surface area is 120 Å². The van der Waals surface area contributed by atoms with Crippen LogP contribution in [0.15, 0.2) is 24.3 Å². The molecule has 0 radical (unpaired) electrons. The number of benzene rings is 1. The van der Waals surface area contributed by atoms with Gasteiger partial charge >= 0.3 is 0 Å². The number of nitrogens with zero attached hydrogens (tertiary/aromatic N) is 2. The van der Waals surface area contributed by atoms with Gasteiger partial charge in [0.2, 0.25) is 0 Å². The molecule has 106 valence electrons. The Hall–Kier alpha value is -1.46. The second-order valence-corrected chi connectivity index (χ2v) is 5.20. The van der Waals surface area contributed by atoms with Crippen LogP contribution in [0, 0.1) is 0 Å². The highest BCUT2D eigenvalue weighted by atomic mass is 35.5. The van der Waals surface area contributed by atoms with Gasteiger partial charge in [0.1, 0.15) is 5.69 Å². The van der Waals surface area contributed by atoms with Crippen LogP contribution in [0.4, 0.5) is 14.5 Å². The summed E-state index contributed by atoms with van der Waals surface area (Å²) in [6.45, 7) is 3.26. The van der Waals surface area contributed by atoms with Crippen molar-refractivity contribution < 1.29 is 8.78 Å². The predicted octanol–water partition coefficient (Wildman–Crippen LogP) is 3.24. The third kappa shape index (κ3) is 2.55. The molecule has 0 atom stereocenters. The van der Waals surface area contributed by atoms with Crippen LogP contribution < -0.4 is 10.2 Å². The molecule has 0 bridgehead atoms. The minimum absolute atomic E-state index is 0.187. The molecule has 0 aliphatic carbocycles. The van der Waals surface area contributed by atoms with Gasteiger partial charge in [0.05, 0.1) is 5.52 Å². The summed E-state index contributed by atoms with van der Waals surface area (Å²) in [5, 5.41) is 4.66. The van der Waals surface area contributed by atoms with E-state index in [2.05, 4.69) is 15.2 Å². The van der Waals surface area contributed by atoms with Gasteiger partial charge in [-0.05, 0) is 24.3 Å². The Morgan fingerprint density at radius 3 is 2.65 bits per heavy atom. The molecule has 6 heteroatoms. The lowest BCUT2D eigenvalue weighted by molar-refractivity contribution is 0.146. The number of halogens is 3. The van der Waals surface area contributed by atoms with E-state index in [4.69, 9.17) is 11.6 Å². The van der Waals surface area contributed by atoms with Crippen molar-refractivity contribution in [1.82, 2.24) is 10.3 Å². The second kappa shape index (κ2) is 5.50. The molecular formula is C14H14ClF2N3. The van der Waals surface area contributed by atoms with Crippen molar-refractivity contribution in [3.63, 3.8) is 0 Å². The van der Waals surface area contributed by atoms with E-state index >= 15 is 0 Å². The number of hydrogen-bond acceptors (Lipinski definition) is 3. The molecule has 3 rings (SSSR count). The summed E-state index contributed by atoms with van der Waals surface area (Å²) >= 11 is 6.03. The first kappa shape index (κ1) is 13.5. The number of pyridine rings is 1. The number of hydrogen-bond donors (Lipinski definition) is 1. The minimum atomic E-state index is -2.57. The first-order valence-corrected chi connectivity index (χ1v) is 6.87. The fraction of sp³-hybridized carbons (Fsp3) is 0.357. The van der Waals surface area contributed by atoms with Crippen LogP contribution in [-0.2, 0) is 0 Å². The van der Waals surface area contributed by atoms with Crippen molar-refractivity contribution in [2.24, 2.45) is 0 Å². The highest BCUT2D eigenvalue weighted by Gasteiger charge is 2.18. The second-order valence-electron chi connectivity index (χ2n) is 4.77. The van der Waals surface area contributed by atoms with Crippen molar-refractivity contribution in [2.45, 2.75) is 6.43 Å². The molecule has 1 aliphatic rings. The Morgan fingerprint density at radius 2 is 1.95 bits per heavy atom. The van der Waals surface area contributed by atoms with Gasteiger partial charge in [-0.3, -0.25) is 0 Å². The highest BCUT2D eigenvalue weighted by Crippen LogP contribution is 2.32. The van der Waals surface area contributed by atoms with E-state index in [1.54, 1.807) is 18.2 Å². The van der Waals surface area contributed by atoms with E-state index < -0.39 is 6.43 Å². The first-order valence-electron chi connectivity index (χ1n) is 6.49. The van der Waals surface area contributed by atoms with Crippen molar-refractivity contribution in [1.29, 1.82) is 0 Å². The number of rotatable bonds is 2. The molecule has 1 aromatic heterocycles. The molecule has 2 heterocycles. The number of nitrogens with one attached hydrogen (secondary N) is 1. The average Bonchev–Trinajstić information content (AvgIpc) is 2.47. The standard InChI is InChI=1S/C14H14ClF2N3/c15-9-1-2-11-10(7-9)13(8-12(19-11)14(16)17)20-5-3-18-4-6-20/h1-2,7-8,14,18H,3-6H2. The monoisotopic (exact) mass is 297 g/mol. The largest absolute Gasteiger partial charge is 0.368 e. The number of fused-ring (bicyclic) bond motifs is 1. The maximum absolute atomic E-state index is 13.0. The fourth-order valence-electron chi connectivity index (χ4n) is 2.48. The van der Waals surface area contributed by atoms with Crippen molar-refractivity contribution in [3.8, 4) is 0 Å². The van der Waals surface area contributed by atoms with E-state index in [1.165, 1.54) is 6.07 Å². The maximum Gasteiger partial charge on any atom is 0.280 e. The van der Waals surface area contributed by atoms with Crippen LogP contribution in [0.25, 0.3) is 10.9 Å². The molecule has 1 N–H and O–H groups in total. The summed E-state index contributed by atoms with van der Waals surface area (Å²) in [6.07, 6.45) is -2.57. The molecule has 2 aromatic rings. The molecule has 20 heavy (non-hydrogen) atoms. The van der Waals surface area contributed by atoms with Crippen LogP contribution >= 0.6 is 11.6 Å². The van der Waals surface area contributed by atoms with E-state index in [0.717, 1.165) is 37.3 Å². The minimum Gasteiger partial charge on any atom is -0.368 e. The van der Waals surface area contributed by atoms with Gasteiger partial charge in [0, 0.05) is 42.3 Å². The lowest BCUT2D eigenvalue weighted by atomic mass is 10.1. The summed E-state index contributed by atoms with van der Waals surface area (Å²) < 4.78 is 26.0. The quantitative estimate of drug-likeness (QED) is 0.922.